The molecule has 4 atom stereocenters. The Balaban J connectivity index is 1.18. The number of carbonyl (C=O) groups excluding carboxylic acids is 1. The van der Waals surface area contributed by atoms with E-state index in [1.165, 1.54) is 16.7 Å². The van der Waals surface area contributed by atoms with Crippen molar-refractivity contribution in [2.75, 3.05) is 18.6 Å². The highest BCUT2D eigenvalue weighted by molar-refractivity contribution is 5.56. The molecule has 1 heterocycles. The fourth-order valence-electron chi connectivity index (χ4n) is 5.85. The first-order valence-corrected chi connectivity index (χ1v) is 15.4. The van der Waals surface area contributed by atoms with Crippen LogP contribution in [-0.4, -0.2) is 38.3 Å². The van der Waals surface area contributed by atoms with Gasteiger partial charge in [-0.2, -0.15) is 0 Å². The second kappa shape index (κ2) is 16.2. The first kappa shape index (κ1) is 30.7. The summed E-state index contributed by atoms with van der Waals surface area (Å²) in [7, 11) is 2.05. The lowest BCUT2D eigenvalue weighted by Gasteiger charge is -2.35. The summed E-state index contributed by atoms with van der Waals surface area (Å²) in [5.74, 6) is 0. The van der Waals surface area contributed by atoms with Crippen LogP contribution in [0.4, 0.5) is 5.69 Å². The highest BCUT2D eigenvalue weighted by atomic mass is 16.5. The van der Waals surface area contributed by atoms with Crippen molar-refractivity contribution in [1.29, 1.82) is 0 Å². The highest BCUT2D eigenvalue weighted by Crippen LogP contribution is 2.29. The molecule has 224 valence electrons. The van der Waals surface area contributed by atoms with Crippen LogP contribution in [0.15, 0.2) is 115 Å². The van der Waals surface area contributed by atoms with Crippen molar-refractivity contribution in [3.8, 4) is 0 Å². The molecule has 5 nitrogen and oxygen atoms in total. The lowest BCUT2D eigenvalue weighted by Crippen LogP contribution is -2.39. The molecular weight excluding hydrogens is 534 g/mol. The smallest absolute Gasteiger partial charge is 0.122 e. The number of aldehydes is 1. The van der Waals surface area contributed by atoms with Crippen LogP contribution >= 0.6 is 0 Å². The Bertz CT molecular complexity index is 1350. The van der Waals surface area contributed by atoms with E-state index in [4.69, 9.17) is 14.2 Å². The molecule has 1 saturated heterocycles. The number of aryl methyl sites for hydroxylation is 1. The van der Waals surface area contributed by atoms with Gasteiger partial charge in [0.05, 0.1) is 44.2 Å². The van der Waals surface area contributed by atoms with Gasteiger partial charge >= 0.3 is 0 Å². The van der Waals surface area contributed by atoms with Crippen molar-refractivity contribution in [2.45, 2.75) is 69.7 Å². The van der Waals surface area contributed by atoms with Gasteiger partial charge in [-0.15, -0.1) is 0 Å². The molecule has 0 aliphatic carbocycles. The molecule has 1 aliphatic heterocycles. The van der Waals surface area contributed by atoms with Gasteiger partial charge in [0.15, 0.2) is 0 Å². The minimum Gasteiger partial charge on any atom is -0.374 e. The van der Waals surface area contributed by atoms with Gasteiger partial charge in [-0.05, 0) is 53.6 Å². The Morgan fingerprint density at radius 2 is 1.37 bits per heavy atom. The lowest BCUT2D eigenvalue weighted by molar-refractivity contribution is -0.141. The molecule has 1 aliphatic rings. The molecule has 0 aromatic heterocycles. The van der Waals surface area contributed by atoms with Crippen LogP contribution in [-0.2, 0) is 38.6 Å². The van der Waals surface area contributed by atoms with E-state index in [9.17, 15) is 4.79 Å². The molecule has 4 aromatic rings. The molecule has 0 radical (unpaired) electrons. The third kappa shape index (κ3) is 9.36. The minimum absolute atomic E-state index is 0.00300. The molecule has 0 N–H and O–H groups in total. The van der Waals surface area contributed by atoms with E-state index in [0.717, 1.165) is 43.2 Å². The van der Waals surface area contributed by atoms with E-state index in [1.807, 2.05) is 49.5 Å². The molecule has 4 aromatic carbocycles. The van der Waals surface area contributed by atoms with Gasteiger partial charge in [0.1, 0.15) is 6.29 Å². The summed E-state index contributed by atoms with van der Waals surface area (Å²) >= 11 is 0. The van der Waals surface area contributed by atoms with Gasteiger partial charge < -0.3 is 23.9 Å². The summed E-state index contributed by atoms with van der Waals surface area (Å²) in [6.07, 6.45) is 5.23. The number of para-hydroxylation sites is 1. The predicted octanol–water partition coefficient (Wildman–Crippen LogP) is 7.74. The number of benzene rings is 4. The normalized spacial score (nSPS) is 19.0. The van der Waals surface area contributed by atoms with Gasteiger partial charge in [0.2, 0.25) is 0 Å². The van der Waals surface area contributed by atoms with Crippen LogP contribution in [0.5, 0.6) is 0 Å². The SMILES string of the molecule is CN(c1ccccc1)C(CC=O)c1ccc(CCC2CC(OCc3ccccc3)CC(COCc3ccccc3)O2)cc1. The van der Waals surface area contributed by atoms with Gasteiger partial charge in [0.25, 0.3) is 0 Å². The largest absolute Gasteiger partial charge is 0.374 e. The van der Waals surface area contributed by atoms with Gasteiger partial charge in [-0.25, -0.2) is 0 Å². The number of carbonyl (C=O) groups is 1. The third-order valence-corrected chi connectivity index (χ3v) is 8.25. The predicted molar refractivity (Wildman–Crippen MR) is 172 cm³/mol. The fourth-order valence-corrected chi connectivity index (χ4v) is 5.85. The van der Waals surface area contributed by atoms with Gasteiger partial charge in [-0.1, -0.05) is 103 Å². The quantitative estimate of drug-likeness (QED) is 0.135. The number of hydrogen-bond donors (Lipinski definition) is 0. The zero-order valence-electron chi connectivity index (χ0n) is 25.1. The minimum atomic E-state index is -0.00482. The van der Waals surface area contributed by atoms with Crippen molar-refractivity contribution in [3.05, 3.63) is 138 Å². The second-order valence-corrected chi connectivity index (χ2v) is 11.4. The number of ether oxygens (including phenoxy) is 3. The maximum atomic E-state index is 11.5. The van der Waals surface area contributed by atoms with Crippen molar-refractivity contribution >= 4 is 12.0 Å². The molecule has 5 heteroatoms. The van der Waals surface area contributed by atoms with Crippen LogP contribution in [0.1, 0.15) is 54.0 Å². The molecule has 0 amide bonds. The van der Waals surface area contributed by atoms with Crippen molar-refractivity contribution < 1.29 is 19.0 Å². The first-order chi connectivity index (χ1) is 21.2. The summed E-state index contributed by atoms with van der Waals surface area (Å²) < 4.78 is 19.0. The van der Waals surface area contributed by atoms with Crippen LogP contribution in [0, 0.1) is 0 Å². The van der Waals surface area contributed by atoms with E-state index in [-0.39, 0.29) is 24.4 Å². The molecule has 0 spiro atoms. The van der Waals surface area contributed by atoms with E-state index in [1.54, 1.807) is 0 Å². The van der Waals surface area contributed by atoms with Crippen LogP contribution in [0.2, 0.25) is 0 Å². The molecule has 1 fully saturated rings. The van der Waals surface area contributed by atoms with E-state index >= 15 is 0 Å². The average molecular weight is 578 g/mol. The third-order valence-electron chi connectivity index (χ3n) is 8.25. The van der Waals surface area contributed by atoms with Crippen molar-refractivity contribution in [1.82, 2.24) is 0 Å². The fraction of sp³-hybridized carbons (Fsp3) is 0.342. The molecular formula is C38H43NO4. The van der Waals surface area contributed by atoms with Gasteiger partial charge in [-0.3, -0.25) is 0 Å². The Morgan fingerprint density at radius 3 is 2.02 bits per heavy atom. The Hall–Kier alpha value is -3.77. The zero-order chi connectivity index (χ0) is 29.7. The Morgan fingerprint density at radius 1 is 0.767 bits per heavy atom. The standard InChI is InChI=1S/C38H43NO4/c1-39(34-15-9-4-10-16-34)38(23-24-40)33-20-17-30(18-21-33)19-22-35-25-36(42-28-32-13-7-3-8-14-32)26-37(43-35)29-41-27-31-11-5-2-6-12-31/h2-18,20-21,24,35-38H,19,22-23,25-29H2,1H3. The van der Waals surface area contributed by atoms with Crippen molar-refractivity contribution in [2.24, 2.45) is 0 Å². The number of rotatable bonds is 15. The van der Waals surface area contributed by atoms with Crippen LogP contribution in [0.3, 0.4) is 0 Å². The molecule has 5 rings (SSSR count). The average Bonchev–Trinajstić information content (AvgIpc) is 3.07. The lowest BCUT2D eigenvalue weighted by atomic mass is 9.95. The Kier molecular flexibility index (Phi) is 11.5. The maximum Gasteiger partial charge on any atom is 0.122 e. The molecule has 0 bridgehead atoms. The van der Waals surface area contributed by atoms with E-state index in [0.29, 0.717) is 26.2 Å². The zero-order valence-corrected chi connectivity index (χ0v) is 25.1. The molecule has 43 heavy (non-hydrogen) atoms. The summed E-state index contributed by atoms with van der Waals surface area (Å²) in [6.45, 7) is 1.74. The highest BCUT2D eigenvalue weighted by Gasteiger charge is 2.30. The second-order valence-electron chi connectivity index (χ2n) is 11.4. The van der Waals surface area contributed by atoms with Crippen molar-refractivity contribution in [3.63, 3.8) is 0 Å². The summed E-state index contributed by atoms with van der Waals surface area (Å²) in [5.41, 5.74) is 5.86. The van der Waals surface area contributed by atoms with E-state index < -0.39 is 0 Å². The maximum absolute atomic E-state index is 11.5. The summed E-state index contributed by atoms with van der Waals surface area (Å²) in [5, 5.41) is 0. The first-order valence-electron chi connectivity index (χ1n) is 15.4. The molecule has 0 saturated carbocycles. The van der Waals surface area contributed by atoms with E-state index in [2.05, 4.69) is 77.7 Å². The topological polar surface area (TPSA) is 48.0 Å². The Labute approximate surface area is 256 Å². The monoisotopic (exact) mass is 577 g/mol. The van der Waals surface area contributed by atoms with Crippen LogP contribution < -0.4 is 4.90 Å². The number of anilines is 1. The number of hydrogen-bond acceptors (Lipinski definition) is 5. The number of nitrogens with zero attached hydrogens (tertiary/aromatic N) is 1. The van der Waals surface area contributed by atoms with Gasteiger partial charge in [0, 0.05) is 25.6 Å². The molecule has 4 unspecified atom stereocenters. The van der Waals surface area contributed by atoms with Crippen LogP contribution in [0.25, 0.3) is 0 Å². The summed E-state index contributed by atoms with van der Waals surface area (Å²) in [6, 6.07) is 39.5. The summed E-state index contributed by atoms with van der Waals surface area (Å²) in [4.78, 5) is 13.7.